The van der Waals surface area contributed by atoms with Crippen molar-refractivity contribution in [2.75, 3.05) is 0 Å². The van der Waals surface area contributed by atoms with Gasteiger partial charge in [-0.15, -0.1) is 11.3 Å². The highest BCUT2D eigenvalue weighted by atomic mass is 32.1. The van der Waals surface area contributed by atoms with Crippen LogP contribution in [0.3, 0.4) is 0 Å². The van der Waals surface area contributed by atoms with Crippen molar-refractivity contribution >= 4 is 17.1 Å². The molecule has 0 saturated heterocycles. The van der Waals surface area contributed by atoms with Gasteiger partial charge in [0.05, 0.1) is 11.4 Å². The number of aromatic nitrogens is 1. The van der Waals surface area contributed by atoms with Crippen LogP contribution in [-0.2, 0) is 11.2 Å². The Labute approximate surface area is 76.6 Å². The van der Waals surface area contributed by atoms with Gasteiger partial charge in [-0.1, -0.05) is 13.3 Å². The molecule has 0 amide bonds. The Morgan fingerprint density at radius 2 is 2.50 bits per heavy atom. The van der Waals surface area contributed by atoms with E-state index >= 15 is 0 Å². The summed E-state index contributed by atoms with van der Waals surface area (Å²) in [5, 5.41) is 2.85. The van der Waals surface area contributed by atoms with Crippen LogP contribution in [0.1, 0.15) is 31.2 Å². The van der Waals surface area contributed by atoms with Gasteiger partial charge in [0.25, 0.3) is 0 Å². The lowest BCUT2D eigenvalue weighted by Crippen LogP contribution is -2.01. The molecule has 0 N–H and O–H groups in total. The van der Waals surface area contributed by atoms with E-state index in [0.29, 0.717) is 18.6 Å². The van der Waals surface area contributed by atoms with Gasteiger partial charge in [-0.3, -0.25) is 4.79 Å². The van der Waals surface area contributed by atoms with E-state index in [9.17, 15) is 4.79 Å². The van der Waals surface area contributed by atoms with E-state index in [1.165, 1.54) is 0 Å². The summed E-state index contributed by atoms with van der Waals surface area (Å²) in [4.78, 5) is 15.3. The molecule has 66 valence electrons. The molecule has 0 atom stereocenters. The minimum Gasteiger partial charge on any atom is -0.299 e. The lowest BCUT2D eigenvalue weighted by atomic mass is 10.1. The van der Waals surface area contributed by atoms with Crippen LogP contribution >= 0.6 is 11.3 Å². The minimum atomic E-state index is 0.312. The number of Topliss-reactive ketones (excluding diaryl/α,β-unsaturated/α-hetero) is 1. The van der Waals surface area contributed by atoms with Gasteiger partial charge in [0.2, 0.25) is 0 Å². The molecule has 0 radical (unpaired) electrons. The first kappa shape index (κ1) is 9.39. The predicted octanol–water partition coefficient (Wildman–Crippen LogP) is 2.44. The molecular formula is C9H13NOS. The Balaban J connectivity index is 2.27. The number of unbranched alkanes of at least 4 members (excludes halogenated alkanes) is 1. The summed E-state index contributed by atoms with van der Waals surface area (Å²) in [6.07, 6.45) is 5.06. The summed E-state index contributed by atoms with van der Waals surface area (Å²) >= 11 is 1.55. The number of carbonyl (C=O) groups excluding carboxylic acids is 1. The zero-order valence-corrected chi connectivity index (χ0v) is 8.06. The average Bonchev–Trinajstić information content (AvgIpc) is 2.53. The van der Waals surface area contributed by atoms with E-state index in [-0.39, 0.29) is 0 Å². The van der Waals surface area contributed by atoms with Crippen molar-refractivity contribution < 1.29 is 4.79 Å². The third-order valence-electron chi connectivity index (χ3n) is 1.64. The fourth-order valence-electron chi connectivity index (χ4n) is 0.971. The van der Waals surface area contributed by atoms with Gasteiger partial charge in [0.1, 0.15) is 5.78 Å². The molecule has 0 saturated carbocycles. The van der Waals surface area contributed by atoms with Gasteiger partial charge in [-0.25, -0.2) is 4.98 Å². The molecule has 0 bridgehead atoms. The second-order valence-corrected chi connectivity index (χ2v) is 3.72. The molecule has 0 unspecified atom stereocenters. The van der Waals surface area contributed by atoms with E-state index in [4.69, 9.17) is 0 Å². The third-order valence-corrected chi connectivity index (χ3v) is 2.42. The van der Waals surface area contributed by atoms with Crippen molar-refractivity contribution in [3.05, 3.63) is 16.6 Å². The average molecular weight is 183 g/mol. The van der Waals surface area contributed by atoms with Gasteiger partial charge >= 0.3 is 0 Å². The molecule has 0 aliphatic rings. The van der Waals surface area contributed by atoms with Crippen LogP contribution in [0.4, 0.5) is 0 Å². The van der Waals surface area contributed by atoms with Crippen LogP contribution < -0.4 is 0 Å². The molecule has 12 heavy (non-hydrogen) atoms. The maximum Gasteiger partial charge on any atom is 0.139 e. The number of nitrogens with zero attached hydrogens (tertiary/aromatic N) is 1. The molecule has 0 fully saturated rings. The monoisotopic (exact) mass is 183 g/mol. The van der Waals surface area contributed by atoms with Crippen LogP contribution in [0.15, 0.2) is 11.6 Å². The Morgan fingerprint density at radius 1 is 1.67 bits per heavy atom. The molecule has 1 aromatic rings. The first-order chi connectivity index (χ1) is 5.83. The Kier molecular flexibility index (Phi) is 3.94. The van der Waals surface area contributed by atoms with Crippen LogP contribution in [0.2, 0.25) is 0 Å². The summed E-state index contributed by atoms with van der Waals surface area (Å²) in [6, 6.07) is 0. The molecule has 0 spiro atoms. The lowest BCUT2D eigenvalue weighted by molar-refractivity contribution is -0.118. The van der Waals surface area contributed by atoms with Crippen LogP contribution in [-0.4, -0.2) is 10.8 Å². The molecule has 0 aliphatic heterocycles. The molecule has 1 aromatic heterocycles. The van der Waals surface area contributed by atoms with Crippen LogP contribution in [0.5, 0.6) is 0 Å². The third kappa shape index (κ3) is 3.13. The van der Waals surface area contributed by atoms with Gasteiger partial charge < -0.3 is 0 Å². The molecular weight excluding hydrogens is 170 g/mol. The zero-order chi connectivity index (χ0) is 8.81. The van der Waals surface area contributed by atoms with Gasteiger partial charge in [-0.05, 0) is 6.42 Å². The predicted molar refractivity (Wildman–Crippen MR) is 50.4 cm³/mol. The summed E-state index contributed by atoms with van der Waals surface area (Å²) in [6.45, 7) is 2.09. The first-order valence-corrected chi connectivity index (χ1v) is 5.11. The van der Waals surface area contributed by atoms with Crippen molar-refractivity contribution in [2.24, 2.45) is 0 Å². The van der Waals surface area contributed by atoms with Gasteiger partial charge in [0.15, 0.2) is 0 Å². The highest BCUT2D eigenvalue weighted by molar-refractivity contribution is 7.09. The quantitative estimate of drug-likeness (QED) is 0.701. The summed E-state index contributed by atoms with van der Waals surface area (Å²) in [5.74, 6) is 0.312. The van der Waals surface area contributed by atoms with Crippen molar-refractivity contribution in [3.63, 3.8) is 0 Å². The number of hydrogen-bond acceptors (Lipinski definition) is 3. The van der Waals surface area contributed by atoms with Gasteiger partial charge in [-0.2, -0.15) is 0 Å². The molecule has 3 heteroatoms. The number of ketones is 1. The van der Waals surface area contributed by atoms with Gasteiger partial charge in [0, 0.05) is 18.0 Å². The number of rotatable bonds is 5. The molecule has 0 aliphatic carbocycles. The number of hydrogen-bond donors (Lipinski definition) is 0. The standard InChI is InChI=1S/C9H13NOS/c1-2-3-4-8(11)7-9-10-5-6-12-9/h5-6H,2-4,7H2,1H3. The summed E-state index contributed by atoms with van der Waals surface area (Å²) in [5.41, 5.74) is 0. The SMILES string of the molecule is CCCCC(=O)Cc1nccs1. The van der Waals surface area contributed by atoms with E-state index in [2.05, 4.69) is 11.9 Å². The normalized spacial score (nSPS) is 10.1. The highest BCUT2D eigenvalue weighted by Gasteiger charge is 2.04. The maximum atomic E-state index is 11.2. The molecule has 2 nitrogen and oxygen atoms in total. The zero-order valence-electron chi connectivity index (χ0n) is 7.25. The van der Waals surface area contributed by atoms with Crippen molar-refractivity contribution in [1.29, 1.82) is 0 Å². The molecule has 0 aromatic carbocycles. The van der Waals surface area contributed by atoms with Crippen LogP contribution in [0.25, 0.3) is 0 Å². The number of thiazole rings is 1. The largest absolute Gasteiger partial charge is 0.299 e. The topological polar surface area (TPSA) is 30.0 Å². The summed E-state index contributed by atoms with van der Waals surface area (Å²) < 4.78 is 0. The second kappa shape index (κ2) is 5.04. The van der Waals surface area contributed by atoms with E-state index in [1.807, 2.05) is 5.38 Å². The number of carbonyl (C=O) groups is 1. The van der Waals surface area contributed by atoms with Crippen molar-refractivity contribution in [3.8, 4) is 0 Å². The maximum absolute atomic E-state index is 11.2. The van der Waals surface area contributed by atoms with E-state index in [0.717, 1.165) is 17.8 Å². The van der Waals surface area contributed by atoms with Crippen LogP contribution in [0, 0.1) is 0 Å². The van der Waals surface area contributed by atoms with Crippen molar-refractivity contribution in [1.82, 2.24) is 4.98 Å². The van der Waals surface area contributed by atoms with Crippen molar-refractivity contribution in [2.45, 2.75) is 32.6 Å². The fraction of sp³-hybridized carbons (Fsp3) is 0.556. The lowest BCUT2D eigenvalue weighted by Gasteiger charge is -1.95. The highest BCUT2D eigenvalue weighted by Crippen LogP contribution is 2.07. The molecule has 1 heterocycles. The van der Waals surface area contributed by atoms with E-state index < -0.39 is 0 Å². The Hall–Kier alpha value is -0.700. The minimum absolute atomic E-state index is 0.312. The first-order valence-electron chi connectivity index (χ1n) is 4.23. The second-order valence-electron chi connectivity index (χ2n) is 2.74. The summed E-state index contributed by atoms with van der Waals surface area (Å²) in [7, 11) is 0. The Bertz CT molecular complexity index is 231. The fourth-order valence-corrected chi connectivity index (χ4v) is 1.62. The Morgan fingerprint density at radius 3 is 3.08 bits per heavy atom. The van der Waals surface area contributed by atoms with E-state index in [1.54, 1.807) is 17.5 Å². The smallest absolute Gasteiger partial charge is 0.139 e. The molecule has 1 rings (SSSR count).